The maximum atomic E-state index is 13.1. The van der Waals surface area contributed by atoms with Crippen molar-refractivity contribution in [3.8, 4) is 11.3 Å². The summed E-state index contributed by atoms with van der Waals surface area (Å²) in [7, 11) is -3.45. The molecule has 7 aromatic rings. The van der Waals surface area contributed by atoms with E-state index in [1.54, 1.807) is 81.8 Å². The molecule has 7 rings (SSSR count). The number of pyridine rings is 2. The number of carbonyl (C=O) groups is 2. The third-order valence-electron chi connectivity index (χ3n) is 7.49. The van der Waals surface area contributed by atoms with Crippen LogP contribution < -0.4 is 15.4 Å². The van der Waals surface area contributed by atoms with Crippen LogP contribution in [0.15, 0.2) is 108 Å². The number of aromatic carboxylic acids is 1. The second-order valence-electron chi connectivity index (χ2n) is 11.2. The lowest BCUT2D eigenvalue weighted by molar-refractivity contribution is 0.0473. The van der Waals surface area contributed by atoms with E-state index in [-0.39, 0.29) is 18.1 Å². The number of rotatable bonds is 11. The van der Waals surface area contributed by atoms with Gasteiger partial charge in [0.2, 0.25) is 21.9 Å². The SMILES string of the molecule is CS(=O)(=O)Nc1ccc(-c2ccc(COC(=O)c3ccc(Nc4nc5cccc(Br)n5n4)cc3)c3nc(Nc4ccc(C(=O)O)cc4)nn23)cc1. The molecule has 0 atom stereocenters. The summed E-state index contributed by atoms with van der Waals surface area (Å²) in [6.45, 7) is -0.120. The number of esters is 1. The third-order valence-corrected chi connectivity index (χ3v) is 8.69. The van der Waals surface area contributed by atoms with Crippen LogP contribution in [0.2, 0.25) is 0 Å². The first-order valence-electron chi connectivity index (χ1n) is 15.1. The van der Waals surface area contributed by atoms with Crippen molar-refractivity contribution >= 4 is 78.1 Å². The van der Waals surface area contributed by atoms with Crippen molar-refractivity contribution in [2.75, 3.05) is 21.6 Å². The number of anilines is 5. The van der Waals surface area contributed by atoms with Gasteiger partial charge in [0.25, 0.3) is 0 Å². The van der Waals surface area contributed by atoms with Crippen LogP contribution >= 0.6 is 15.9 Å². The summed E-state index contributed by atoms with van der Waals surface area (Å²) in [5.74, 6) is -0.991. The highest BCUT2D eigenvalue weighted by atomic mass is 79.9. The number of nitrogens with one attached hydrogen (secondary N) is 3. The third kappa shape index (κ3) is 7.48. The number of carboxylic acids is 1. The second-order valence-corrected chi connectivity index (χ2v) is 13.8. The Balaban J connectivity index is 1.11. The molecule has 0 unspecified atom stereocenters. The number of nitrogens with zero attached hydrogens (tertiary/aromatic N) is 6. The van der Waals surface area contributed by atoms with Gasteiger partial charge in [0.05, 0.1) is 23.1 Å². The molecule has 4 N–H and O–H groups in total. The van der Waals surface area contributed by atoms with Crippen LogP contribution in [0, 0.1) is 0 Å². The molecule has 256 valence electrons. The average molecular weight is 769 g/mol. The Hall–Kier alpha value is -6.33. The molecule has 0 bridgehead atoms. The summed E-state index contributed by atoms with van der Waals surface area (Å²) in [4.78, 5) is 33.5. The van der Waals surface area contributed by atoms with Gasteiger partial charge in [0.1, 0.15) is 11.2 Å². The first kappa shape index (κ1) is 33.2. The van der Waals surface area contributed by atoms with Gasteiger partial charge in [-0.2, -0.15) is 9.97 Å². The molecule has 0 saturated carbocycles. The molecule has 0 fully saturated rings. The van der Waals surface area contributed by atoms with Crippen molar-refractivity contribution in [1.82, 2.24) is 29.2 Å². The minimum absolute atomic E-state index is 0.120. The molecule has 4 aromatic heterocycles. The maximum absolute atomic E-state index is 13.1. The minimum atomic E-state index is -3.45. The number of ether oxygens (including phenoxy) is 1. The number of carbonyl (C=O) groups excluding carboxylic acids is 1. The number of hydrogen-bond donors (Lipinski definition) is 4. The molecule has 0 radical (unpaired) electrons. The van der Waals surface area contributed by atoms with Crippen LogP contribution in [-0.2, 0) is 21.4 Å². The zero-order valence-electron chi connectivity index (χ0n) is 26.5. The van der Waals surface area contributed by atoms with Gasteiger partial charge in [-0.25, -0.2) is 27.0 Å². The van der Waals surface area contributed by atoms with Gasteiger partial charge in [-0.05, 0) is 101 Å². The van der Waals surface area contributed by atoms with Gasteiger partial charge in [-0.3, -0.25) is 4.72 Å². The lowest BCUT2D eigenvalue weighted by Gasteiger charge is -2.10. The van der Waals surface area contributed by atoms with E-state index < -0.39 is 22.0 Å². The van der Waals surface area contributed by atoms with Crippen molar-refractivity contribution in [3.63, 3.8) is 0 Å². The van der Waals surface area contributed by atoms with Crippen molar-refractivity contribution in [2.45, 2.75) is 6.61 Å². The summed E-state index contributed by atoms with van der Waals surface area (Å²) in [5, 5.41) is 24.5. The van der Waals surface area contributed by atoms with Gasteiger partial charge in [-0.1, -0.05) is 18.2 Å². The normalized spacial score (nSPS) is 11.4. The van der Waals surface area contributed by atoms with E-state index in [0.29, 0.717) is 56.7 Å². The predicted octanol–water partition coefficient (Wildman–Crippen LogP) is 6.12. The fourth-order valence-electron chi connectivity index (χ4n) is 5.12. The van der Waals surface area contributed by atoms with Gasteiger partial charge in [0, 0.05) is 28.2 Å². The minimum Gasteiger partial charge on any atom is -0.478 e. The predicted molar refractivity (Wildman–Crippen MR) is 193 cm³/mol. The summed E-state index contributed by atoms with van der Waals surface area (Å²) in [6.07, 6.45) is 1.07. The van der Waals surface area contributed by atoms with E-state index in [4.69, 9.17) is 4.74 Å². The molecule has 0 aliphatic rings. The number of halogens is 1. The number of benzene rings is 3. The summed E-state index contributed by atoms with van der Waals surface area (Å²) >= 11 is 3.44. The molecule has 4 heterocycles. The molecular formula is C34H26BrN9O6S. The molecule has 17 heteroatoms. The van der Waals surface area contributed by atoms with E-state index in [1.807, 2.05) is 18.2 Å². The van der Waals surface area contributed by atoms with Gasteiger partial charge in [0.15, 0.2) is 11.3 Å². The number of fused-ring (bicyclic) bond motifs is 2. The Labute approximate surface area is 298 Å². The standard InChI is InChI=1S/C34H26BrN9O6S/c1-51(48,49)42-26-16-5-20(6-17-26)27-18-11-23(30-39-34(40-43(27)30)37-24-12-7-21(8-13-24)31(45)46)19-50-32(47)22-9-14-25(15-10-22)36-33-38-29-4-2-3-28(35)44(29)41-33/h2-18,42H,19H2,1H3,(H,36,41)(H,37,40)(H,45,46). The highest BCUT2D eigenvalue weighted by Crippen LogP contribution is 2.27. The largest absolute Gasteiger partial charge is 0.478 e. The quantitative estimate of drug-likeness (QED) is 0.0872. The van der Waals surface area contributed by atoms with E-state index in [9.17, 15) is 23.1 Å². The van der Waals surface area contributed by atoms with Crippen molar-refractivity contribution < 1.29 is 27.9 Å². The lowest BCUT2D eigenvalue weighted by atomic mass is 10.1. The number of carboxylic acid groups (broad SMARTS) is 1. The number of sulfonamides is 1. The Morgan fingerprint density at radius 1 is 0.765 bits per heavy atom. The van der Waals surface area contributed by atoms with Gasteiger partial charge >= 0.3 is 11.9 Å². The van der Waals surface area contributed by atoms with Crippen LogP contribution in [0.3, 0.4) is 0 Å². The Kier molecular flexibility index (Phi) is 8.80. The van der Waals surface area contributed by atoms with E-state index in [1.165, 1.54) is 12.1 Å². The van der Waals surface area contributed by atoms with Crippen LogP contribution in [0.1, 0.15) is 26.3 Å². The first-order chi connectivity index (χ1) is 24.5. The number of aromatic nitrogens is 6. The molecule has 0 amide bonds. The van der Waals surface area contributed by atoms with E-state index in [0.717, 1.165) is 10.9 Å². The van der Waals surface area contributed by atoms with Crippen LogP contribution in [0.25, 0.3) is 22.6 Å². The van der Waals surface area contributed by atoms with Crippen LogP contribution in [-0.4, -0.2) is 60.9 Å². The molecular weight excluding hydrogens is 742 g/mol. The zero-order chi connectivity index (χ0) is 35.7. The fraction of sp³-hybridized carbons (Fsp3) is 0.0588. The smallest absolute Gasteiger partial charge is 0.338 e. The topological polar surface area (TPSA) is 194 Å². The molecule has 3 aromatic carbocycles. The summed E-state index contributed by atoms with van der Waals surface area (Å²) < 4.78 is 35.5. The maximum Gasteiger partial charge on any atom is 0.338 e. The average Bonchev–Trinajstić information content (AvgIpc) is 3.72. The van der Waals surface area contributed by atoms with Crippen molar-refractivity contribution in [1.29, 1.82) is 0 Å². The number of hydrogen-bond acceptors (Lipinski definition) is 11. The Morgan fingerprint density at radius 2 is 1.37 bits per heavy atom. The molecule has 0 spiro atoms. The first-order valence-corrected chi connectivity index (χ1v) is 17.8. The molecule has 0 aliphatic heterocycles. The fourth-order valence-corrected chi connectivity index (χ4v) is 6.09. The second kappa shape index (κ2) is 13.5. The Bertz CT molecular complexity index is 2540. The molecule has 0 aliphatic carbocycles. The van der Waals surface area contributed by atoms with Gasteiger partial charge in [-0.15, -0.1) is 10.2 Å². The molecule has 0 saturated heterocycles. The summed E-state index contributed by atoms with van der Waals surface area (Å²) in [5.41, 5.74) is 5.06. The highest BCUT2D eigenvalue weighted by molar-refractivity contribution is 9.10. The molecule has 15 nitrogen and oxygen atoms in total. The Morgan fingerprint density at radius 3 is 2.00 bits per heavy atom. The monoisotopic (exact) mass is 767 g/mol. The van der Waals surface area contributed by atoms with E-state index >= 15 is 0 Å². The van der Waals surface area contributed by atoms with Crippen molar-refractivity contribution in [3.05, 3.63) is 124 Å². The molecule has 51 heavy (non-hydrogen) atoms. The highest BCUT2D eigenvalue weighted by Gasteiger charge is 2.17. The lowest BCUT2D eigenvalue weighted by Crippen LogP contribution is -2.09. The van der Waals surface area contributed by atoms with E-state index in [2.05, 4.69) is 51.5 Å². The zero-order valence-corrected chi connectivity index (χ0v) is 28.9. The van der Waals surface area contributed by atoms with Crippen molar-refractivity contribution in [2.24, 2.45) is 0 Å². The van der Waals surface area contributed by atoms with Crippen LogP contribution in [0.5, 0.6) is 0 Å². The van der Waals surface area contributed by atoms with Crippen LogP contribution in [0.4, 0.5) is 29.0 Å². The van der Waals surface area contributed by atoms with Gasteiger partial charge < -0.3 is 20.5 Å². The summed E-state index contributed by atoms with van der Waals surface area (Å²) in [6, 6.07) is 28.7.